The molecule has 6 heteroatoms. The van der Waals surface area contributed by atoms with Gasteiger partial charge in [0.15, 0.2) is 0 Å². The number of aromatic nitrogens is 1. The smallest absolute Gasteiger partial charge is 0.235 e. The first-order chi connectivity index (χ1) is 7.39. The van der Waals surface area contributed by atoms with Crippen molar-refractivity contribution in [2.24, 2.45) is 0 Å². The van der Waals surface area contributed by atoms with E-state index in [1.807, 2.05) is 0 Å². The molecule has 0 saturated carbocycles. The van der Waals surface area contributed by atoms with Crippen LogP contribution >= 0.6 is 23.2 Å². The Morgan fingerprint density at radius 1 is 1.12 bits per heavy atom. The quantitative estimate of drug-likeness (QED) is 0.637. The molecular formula is C10H4Cl2F3N. The van der Waals surface area contributed by atoms with Crippen molar-refractivity contribution in [3.8, 4) is 0 Å². The maximum absolute atomic E-state index is 12.7. The van der Waals surface area contributed by atoms with Crippen LogP contribution in [0.25, 0.3) is 10.9 Å². The zero-order valence-corrected chi connectivity index (χ0v) is 9.16. The van der Waals surface area contributed by atoms with Gasteiger partial charge in [0.05, 0.1) is 16.1 Å². The van der Waals surface area contributed by atoms with Gasteiger partial charge in [-0.05, 0) is 12.1 Å². The molecule has 0 aliphatic rings. The number of halogens is 5. The molecule has 0 atom stereocenters. The number of alkyl halides is 3. The standard InChI is InChI=1S/C10H4Cl2F3N/c11-7-4-8(12)16-9-5(7)2-1-3-6(9)10(13,14)15/h1-4H. The van der Waals surface area contributed by atoms with Crippen molar-refractivity contribution in [1.29, 1.82) is 0 Å². The second-order valence-electron chi connectivity index (χ2n) is 3.13. The average molecular weight is 266 g/mol. The third-order valence-corrected chi connectivity index (χ3v) is 2.57. The van der Waals surface area contributed by atoms with Crippen LogP contribution in [-0.4, -0.2) is 4.98 Å². The average Bonchev–Trinajstić information content (AvgIpc) is 2.15. The van der Waals surface area contributed by atoms with Gasteiger partial charge in [-0.1, -0.05) is 35.3 Å². The number of para-hydroxylation sites is 1. The summed E-state index contributed by atoms with van der Waals surface area (Å²) in [5, 5.41) is 0.330. The van der Waals surface area contributed by atoms with E-state index in [1.54, 1.807) is 0 Å². The molecule has 0 radical (unpaired) electrons. The van der Waals surface area contributed by atoms with Crippen LogP contribution in [0, 0.1) is 0 Å². The molecule has 0 N–H and O–H groups in total. The predicted octanol–water partition coefficient (Wildman–Crippen LogP) is 4.56. The van der Waals surface area contributed by atoms with Gasteiger partial charge in [-0.15, -0.1) is 0 Å². The molecule has 0 unspecified atom stereocenters. The van der Waals surface area contributed by atoms with Crippen molar-refractivity contribution in [3.63, 3.8) is 0 Å². The van der Waals surface area contributed by atoms with Gasteiger partial charge < -0.3 is 0 Å². The molecule has 2 rings (SSSR count). The monoisotopic (exact) mass is 265 g/mol. The predicted molar refractivity (Wildman–Crippen MR) is 56.8 cm³/mol. The van der Waals surface area contributed by atoms with Gasteiger partial charge >= 0.3 is 6.18 Å². The lowest BCUT2D eigenvalue weighted by Crippen LogP contribution is -2.06. The van der Waals surface area contributed by atoms with Gasteiger partial charge in [0, 0.05) is 5.39 Å². The molecule has 0 aliphatic carbocycles. The minimum atomic E-state index is -4.47. The summed E-state index contributed by atoms with van der Waals surface area (Å²) in [5.41, 5.74) is -1.07. The number of fused-ring (bicyclic) bond motifs is 1. The van der Waals surface area contributed by atoms with Crippen molar-refractivity contribution >= 4 is 34.1 Å². The summed E-state index contributed by atoms with van der Waals surface area (Å²) in [6, 6.07) is 5.01. The van der Waals surface area contributed by atoms with Gasteiger partial charge in [-0.25, -0.2) is 4.98 Å². The lowest BCUT2D eigenvalue weighted by molar-refractivity contribution is -0.136. The molecule has 2 aromatic rings. The zero-order valence-electron chi connectivity index (χ0n) is 7.65. The molecule has 1 nitrogen and oxygen atoms in total. The highest BCUT2D eigenvalue weighted by atomic mass is 35.5. The molecule has 0 fully saturated rings. The Balaban J connectivity index is 2.87. The van der Waals surface area contributed by atoms with Crippen molar-refractivity contribution in [1.82, 2.24) is 4.98 Å². The minimum absolute atomic E-state index is 0.0609. The van der Waals surface area contributed by atoms with Gasteiger partial charge in [0.2, 0.25) is 0 Å². The van der Waals surface area contributed by atoms with Crippen LogP contribution in [0.3, 0.4) is 0 Å². The zero-order chi connectivity index (χ0) is 11.9. The van der Waals surface area contributed by atoms with Crippen molar-refractivity contribution in [2.75, 3.05) is 0 Å². The molecule has 0 aliphatic heterocycles. The fraction of sp³-hybridized carbons (Fsp3) is 0.100. The van der Waals surface area contributed by atoms with E-state index in [2.05, 4.69) is 4.98 Å². The summed E-state index contributed by atoms with van der Waals surface area (Å²) in [5.74, 6) is 0. The molecule has 0 amide bonds. The largest absolute Gasteiger partial charge is 0.418 e. The molecule has 0 bridgehead atoms. The van der Waals surface area contributed by atoms with E-state index in [4.69, 9.17) is 23.2 Å². The van der Waals surface area contributed by atoms with Crippen molar-refractivity contribution in [3.05, 3.63) is 40.0 Å². The lowest BCUT2D eigenvalue weighted by atomic mass is 10.1. The number of hydrogen-bond donors (Lipinski definition) is 0. The second kappa shape index (κ2) is 3.79. The van der Waals surface area contributed by atoms with Gasteiger partial charge in [0.1, 0.15) is 5.15 Å². The van der Waals surface area contributed by atoms with E-state index in [9.17, 15) is 13.2 Å². The van der Waals surface area contributed by atoms with Crippen LogP contribution in [0.2, 0.25) is 10.2 Å². The summed E-state index contributed by atoms with van der Waals surface area (Å²) in [4.78, 5) is 3.66. The second-order valence-corrected chi connectivity index (χ2v) is 3.92. The van der Waals surface area contributed by atoms with Crippen LogP contribution in [0.1, 0.15) is 5.56 Å². The van der Waals surface area contributed by atoms with E-state index < -0.39 is 11.7 Å². The third kappa shape index (κ3) is 1.95. The van der Waals surface area contributed by atoms with Crippen molar-refractivity contribution < 1.29 is 13.2 Å². The Labute approximate surface area is 98.8 Å². The maximum Gasteiger partial charge on any atom is 0.418 e. The topological polar surface area (TPSA) is 12.9 Å². The highest BCUT2D eigenvalue weighted by Crippen LogP contribution is 2.36. The Hall–Kier alpha value is -1.00. The molecule has 1 aromatic carbocycles. The molecule has 84 valence electrons. The summed E-state index contributed by atoms with van der Waals surface area (Å²) in [7, 11) is 0. The lowest BCUT2D eigenvalue weighted by Gasteiger charge is -2.10. The third-order valence-electron chi connectivity index (χ3n) is 2.06. The first-order valence-corrected chi connectivity index (χ1v) is 4.97. The highest BCUT2D eigenvalue weighted by molar-refractivity contribution is 6.37. The van der Waals surface area contributed by atoms with E-state index in [1.165, 1.54) is 18.2 Å². The molecule has 0 spiro atoms. The summed E-state index contributed by atoms with van der Waals surface area (Å²) in [6.45, 7) is 0. The van der Waals surface area contributed by atoms with Crippen LogP contribution < -0.4 is 0 Å². The van der Waals surface area contributed by atoms with Crippen molar-refractivity contribution in [2.45, 2.75) is 6.18 Å². The van der Waals surface area contributed by atoms with Gasteiger partial charge in [-0.2, -0.15) is 13.2 Å². The number of rotatable bonds is 0. The fourth-order valence-electron chi connectivity index (χ4n) is 1.41. The number of pyridine rings is 1. The molecular weight excluding hydrogens is 262 g/mol. The van der Waals surface area contributed by atoms with E-state index in [0.29, 0.717) is 0 Å². The Kier molecular flexibility index (Phi) is 2.72. The van der Waals surface area contributed by atoms with Crippen LogP contribution in [0.4, 0.5) is 13.2 Å². The Morgan fingerprint density at radius 3 is 2.44 bits per heavy atom. The molecule has 1 heterocycles. The van der Waals surface area contributed by atoms with Crippen LogP contribution in [0.5, 0.6) is 0 Å². The molecule has 16 heavy (non-hydrogen) atoms. The normalized spacial score (nSPS) is 12.1. The van der Waals surface area contributed by atoms with E-state index in [0.717, 1.165) is 6.07 Å². The highest BCUT2D eigenvalue weighted by Gasteiger charge is 2.33. The number of benzene rings is 1. The van der Waals surface area contributed by atoms with Crippen LogP contribution in [-0.2, 0) is 6.18 Å². The first kappa shape index (κ1) is 11.5. The summed E-state index contributed by atoms with van der Waals surface area (Å²) >= 11 is 11.4. The van der Waals surface area contributed by atoms with Gasteiger partial charge in [0.25, 0.3) is 0 Å². The molecule has 1 aromatic heterocycles. The van der Waals surface area contributed by atoms with Gasteiger partial charge in [-0.3, -0.25) is 0 Å². The van der Waals surface area contributed by atoms with Crippen LogP contribution in [0.15, 0.2) is 24.3 Å². The SMILES string of the molecule is FC(F)(F)c1cccc2c(Cl)cc(Cl)nc12. The summed E-state index contributed by atoms with van der Waals surface area (Å²) in [6.07, 6.45) is -4.47. The minimum Gasteiger partial charge on any atom is -0.235 e. The summed E-state index contributed by atoms with van der Waals surface area (Å²) < 4.78 is 38.0. The molecule has 0 saturated heterocycles. The fourth-order valence-corrected chi connectivity index (χ4v) is 1.91. The van der Waals surface area contributed by atoms with E-state index >= 15 is 0 Å². The first-order valence-electron chi connectivity index (χ1n) is 4.21. The Bertz CT molecular complexity index is 551. The number of nitrogens with zero attached hydrogens (tertiary/aromatic N) is 1. The Morgan fingerprint density at radius 2 is 1.81 bits per heavy atom. The number of hydrogen-bond acceptors (Lipinski definition) is 1. The van der Waals surface area contributed by atoms with E-state index in [-0.39, 0.29) is 21.1 Å². The maximum atomic E-state index is 12.7.